The fourth-order valence-electron chi connectivity index (χ4n) is 3.39. The summed E-state index contributed by atoms with van der Waals surface area (Å²) in [5, 5.41) is 15.3. The molecule has 1 amide bonds. The van der Waals surface area contributed by atoms with Crippen molar-refractivity contribution in [1.82, 2.24) is 15.3 Å². The van der Waals surface area contributed by atoms with Crippen molar-refractivity contribution in [2.24, 2.45) is 0 Å². The van der Waals surface area contributed by atoms with Crippen LogP contribution in [0.5, 0.6) is 11.5 Å². The zero-order chi connectivity index (χ0) is 21.5. The number of nitrogens with zero attached hydrogens (tertiary/aromatic N) is 2. The Morgan fingerprint density at radius 3 is 2.94 bits per heavy atom. The predicted molar refractivity (Wildman–Crippen MR) is 121 cm³/mol. The van der Waals surface area contributed by atoms with Crippen LogP contribution in [0.1, 0.15) is 21.8 Å². The normalized spacial score (nSPS) is 11.3. The monoisotopic (exact) mass is 451 g/mol. The van der Waals surface area contributed by atoms with Crippen molar-refractivity contribution in [3.63, 3.8) is 0 Å². The molecule has 0 radical (unpaired) electrons. The topological polar surface area (TPSA) is 97.5 Å². The van der Waals surface area contributed by atoms with Gasteiger partial charge in [-0.25, -0.2) is 4.98 Å². The number of amides is 1. The second-order valence-corrected chi connectivity index (χ2v) is 8.72. The fourth-order valence-corrected chi connectivity index (χ4v) is 5.33. The fraction of sp³-hybridized carbons (Fsp3) is 0.136. The molecule has 7 nitrogen and oxygen atoms in total. The van der Waals surface area contributed by atoms with Crippen molar-refractivity contribution < 1.29 is 19.1 Å². The number of hydrogen-bond acceptors (Lipinski definition) is 8. The minimum absolute atomic E-state index is 0.0790. The Bertz CT molecular complexity index is 1430. The first kappa shape index (κ1) is 19.7. The molecule has 2 N–H and O–H groups in total. The molecule has 0 aliphatic heterocycles. The van der Waals surface area contributed by atoms with E-state index in [0.717, 1.165) is 25.5 Å². The molecule has 4 heterocycles. The molecule has 0 aliphatic rings. The largest absolute Gasteiger partial charge is 0.460 e. The van der Waals surface area contributed by atoms with Crippen LogP contribution < -0.4 is 10.1 Å². The Balaban J connectivity index is 1.51. The van der Waals surface area contributed by atoms with Gasteiger partial charge in [-0.3, -0.25) is 9.78 Å². The highest BCUT2D eigenvalue weighted by molar-refractivity contribution is 7.25. The summed E-state index contributed by atoms with van der Waals surface area (Å²) < 4.78 is 12.9. The third-order valence-corrected chi connectivity index (χ3v) is 7.02. The van der Waals surface area contributed by atoms with Gasteiger partial charge in [-0.05, 0) is 25.1 Å². The molecular formula is C22H17N3O4S2. The summed E-state index contributed by atoms with van der Waals surface area (Å²) in [6, 6.07) is 9.22. The van der Waals surface area contributed by atoms with Crippen molar-refractivity contribution in [2.75, 3.05) is 7.05 Å². The van der Waals surface area contributed by atoms with E-state index in [1.165, 1.54) is 22.7 Å². The number of thiazole rings is 1. The van der Waals surface area contributed by atoms with Crippen LogP contribution in [0.4, 0.5) is 0 Å². The maximum Gasteiger partial charge on any atom is 0.255 e. The van der Waals surface area contributed by atoms with Crippen LogP contribution in [0.2, 0.25) is 0 Å². The van der Waals surface area contributed by atoms with Crippen molar-refractivity contribution in [3.05, 3.63) is 58.9 Å². The molecule has 1 aromatic carbocycles. The summed E-state index contributed by atoms with van der Waals surface area (Å²) in [6.45, 7) is 1.69. The van der Waals surface area contributed by atoms with Gasteiger partial charge in [-0.2, -0.15) is 0 Å². The number of nitrogens with one attached hydrogen (secondary N) is 1. The summed E-state index contributed by atoms with van der Waals surface area (Å²) in [7, 11) is 1.60. The second kappa shape index (κ2) is 7.77. The number of hydrogen-bond donors (Lipinski definition) is 2. The first-order chi connectivity index (χ1) is 15.1. The SMILES string of the molecule is CNC(=O)c1c(C)oc2cc(Oc3ccnc4cc(-c5nc(CO)cs5)sc34)ccc12. The number of furan rings is 1. The average Bonchev–Trinajstić information content (AvgIpc) is 3.49. The maximum atomic E-state index is 12.1. The lowest BCUT2D eigenvalue weighted by atomic mass is 10.1. The van der Waals surface area contributed by atoms with Crippen LogP contribution in [0, 0.1) is 6.92 Å². The van der Waals surface area contributed by atoms with Crippen molar-refractivity contribution in [2.45, 2.75) is 13.5 Å². The summed E-state index contributed by atoms with van der Waals surface area (Å²) in [6.07, 6.45) is 1.70. The predicted octanol–water partition coefficient (Wildman–Crippen LogP) is 5.12. The summed E-state index contributed by atoms with van der Waals surface area (Å²) in [5.74, 6) is 1.66. The van der Waals surface area contributed by atoms with Crippen LogP contribution in [0.15, 0.2) is 46.3 Å². The molecule has 5 rings (SSSR count). The lowest BCUT2D eigenvalue weighted by molar-refractivity contribution is 0.0963. The van der Waals surface area contributed by atoms with E-state index in [4.69, 9.17) is 9.15 Å². The summed E-state index contributed by atoms with van der Waals surface area (Å²) in [5.41, 5.74) is 2.59. The highest BCUT2D eigenvalue weighted by atomic mass is 32.1. The quantitative estimate of drug-likeness (QED) is 0.385. The van der Waals surface area contributed by atoms with Gasteiger partial charge < -0.3 is 19.6 Å². The van der Waals surface area contributed by atoms with Gasteiger partial charge in [-0.1, -0.05) is 0 Å². The Hall–Kier alpha value is -3.27. The first-order valence-electron chi connectivity index (χ1n) is 9.44. The van der Waals surface area contributed by atoms with E-state index in [1.807, 2.05) is 29.6 Å². The van der Waals surface area contributed by atoms with Crippen LogP contribution >= 0.6 is 22.7 Å². The number of ether oxygens (including phenoxy) is 1. The molecule has 9 heteroatoms. The van der Waals surface area contributed by atoms with Gasteiger partial charge in [0.15, 0.2) is 0 Å². The Morgan fingerprint density at radius 2 is 2.16 bits per heavy atom. The lowest BCUT2D eigenvalue weighted by Gasteiger charge is -2.06. The first-order valence-corrected chi connectivity index (χ1v) is 11.1. The molecule has 156 valence electrons. The molecule has 0 bridgehead atoms. The number of benzene rings is 1. The number of fused-ring (bicyclic) bond motifs is 2. The molecule has 4 aromatic heterocycles. The van der Waals surface area contributed by atoms with E-state index in [9.17, 15) is 9.90 Å². The van der Waals surface area contributed by atoms with E-state index in [0.29, 0.717) is 34.1 Å². The van der Waals surface area contributed by atoms with Gasteiger partial charge in [0.1, 0.15) is 27.8 Å². The summed E-state index contributed by atoms with van der Waals surface area (Å²) >= 11 is 3.03. The molecule has 0 fully saturated rings. The molecule has 0 unspecified atom stereocenters. The average molecular weight is 452 g/mol. The minimum atomic E-state index is -0.182. The zero-order valence-electron chi connectivity index (χ0n) is 16.6. The van der Waals surface area contributed by atoms with Crippen molar-refractivity contribution in [1.29, 1.82) is 0 Å². The van der Waals surface area contributed by atoms with E-state index < -0.39 is 0 Å². The Kier molecular flexibility index (Phi) is 4.93. The van der Waals surface area contributed by atoms with E-state index in [1.54, 1.807) is 26.2 Å². The number of thiophene rings is 1. The molecule has 0 saturated carbocycles. The third-order valence-electron chi connectivity index (χ3n) is 4.82. The van der Waals surface area contributed by atoms with E-state index in [2.05, 4.69) is 15.3 Å². The molecule has 31 heavy (non-hydrogen) atoms. The molecular weight excluding hydrogens is 434 g/mol. The van der Waals surface area contributed by atoms with E-state index in [-0.39, 0.29) is 12.5 Å². The van der Waals surface area contributed by atoms with Gasteiger partial charge in [0.25, 0.3) is 5.91 Å². The highest BCUT2D eigenvalue weighted by Crippen LogP contribution is 2.40. The van der Waals surface area contributed by atoms with Gasteiger partial charge in [0, 0.05) is 36.1 Å². The number of rotatable bonds is 5. The highest BCUT2D eigenvalue weighted by Gasteiger charge is 2.18. The van der Waals surface area contributed by atoms with Gasteiger partial charge in [-0.15, -0.1) is 22.7 Å². The number of carbonyl (C=O) groups excluding carboxylic acids is 1. The lowest BCUT2D eigenvalue weighted by Crippen LogP contribution is -2.18. The smallest absolute Gasteiger partial charge is 0.255 e. The number of pyridine rings is 1. The molecule has 0 saturated heterocycles. The van der Waals surface area contributed by atoms with Gasteiger partial charge >= 0.3 is 0 Å². The van der Waals surface area contributed by atoms with Crippen molar-refractivity contribution >= 4 is 49.8 Å². The minimum Gasteiger partial charge on any atom is -0.460 e. The van der Waals surface area contributed by atoms with Crippen molar-refractivity contribution in [3.8, 4) is 21.4 Å². The summed E-state index contributed by atoms with van der Waals surface area (Å²) in [4.78, 5) is 22.0. The Labute approximate surface area is 185 Å². The molecule has 0 aliphatic carbocycles. The second-order valence-electron chi connectivity index (χ2n) is 6.81. The van der Waals surface area contributed by atoms with Crippen LogP contribution in [-0.2, 0) is 6.61 Å². The standard InChI is InChI=1S/C22H17N3O4S2/c1-11-19(21(27)23-2)14-4-3-13(7-17(14)28-11)29-16-5-6-24-15-8-18(31-20(15)16)22-25-12(9-26)10-30-22/h3-8,10,26H,9H2,1-2H3,(H,23,27). The maximum absolute atomic E-state index is 12.1. The Morgan fingerprint density at radius 1 is 1.29 bits per heavy atom. The number of aliphatic hydroxyl groups is 1. The number of aryl methyl sites for hydroxylation is 1. The zero-order valence-corrected chi connectivity index (χ0v) is 18.3. The molecule has 0 atom stereocenters. The third kappa shape index (κ3) is 3.46. The van der Waals surface area contributed by atoms with Gasteiger partial charge in [0.2, 0.25) is 0 Å². The molecule has 5 aromatic rings. The molecule has 0 spiro atoms. The number of aromatic nitrogens is 2. The number of aliphatic hydroxyl groups excluding tert-OH is 1. The van der Waals surface area contributed by atoms with Crippen LogP contribution in [0.25, 0.3) is 31.1 Å². The van der Waals surface area contributed by atoms with E-state index >= 15 is 0 Å². The van der Waals surface area contributed by atoms with Gasteiger partial charge in [0.05, 0.1) is 33.0 Å². The van der Waals surface area contributed by atoms with Crippen LogP contribution in [-0.4, -0.2) is 28.0 Å². The van der Waals surface area contributed by atoms with Crippen LogP contribution in [0.3, 0.4) is 0 Å². The number of carbonyl (C=O) groups is 1.